The third-order valence-electron chi connectivity index (χ3n) is 3.77. The van der Waals surface area contributed by atoms with Crippen molar-refractivity contribution in [3.63, 3.8) is 0 Å². The highest BCUT2D eigenvalue weighted by Crippen LogP contribution is 2.22. The number of hydrazone groups is 1. The number of aromatic nitrogens is 2. The Morgan fingerprint density at radius 1 is 0.958 bits per heavy atom. The maximum atomic E-state index is 5.26. The maximum absolute atomic E-state index is 5.26. The molecule has 0 amide bonds. The summed E-state index contributed by atoms with van der Waals surface area (Å²) in [5.74, 6) is 1.37. The summed E-state index contributed by atoms with van der Waals surface area (Å²) >= 11 is 0. The lowest BCUT2D eigenvalue weighted by atomic mass is 10.0. The first kappa shape index (κ1) is 15.9. The fourth-order valence-corrected chi connectivity index (χ4v) is 2.55. The Labute approximate surface area is 141 Å². The number of nitrogens with one attached hydrogen (secondary N) is 1. The highest BCUT2D eigenvalue weighted by Gasteiger charge is 2.03. The van der Waals surface area contributed by atoms with Gasteiger partial charge in [0.15, 0.2) is 0 Å². The molecule has 0 spiro atoms. The number of anilines is 1. The molecule has 0 fully saturated rings. The van der Waals surface area contributed by atoms with Crippen molar-refractivity contribution in [3.05, 3.63) is 59.4 Å². The van der Waals surface area contributed by atoms with Crippen molar-refractivity contribution in [2.75, 3.05) is 12.5 Å². The largest absolute Gasteiger partial charge is 0.497 e. The number of benzene rings is 2. The molecule has 1 aromatic heterocycles. The SMILES string of the molecule is COc1ccc2cc(/C(C)=N/Nc3nc(C)cc(C)n3)ccc2c1. The Hall–Kier alpha value is -2.95. The second-order valence-electron chi connectivity index (χ2n) is 5.71. The molecular weight excluding hydrogens is 300 g/mol. The molecule has 122 valence electrons. The molecule has 0 aliphatic carbocycles. The van der Waals surface area contributed by atoms with E-state index >= 15 is 0 Å². The number of methoxy groups -OCH3 is 1. The van der Waals surface area contributed by atoms with E-state index in [1.165, 1.54) is 0 Å². The summed E-state index contributed by atoms with van der Waals surface area (Å²) in [6.45, 7) is 5.84. The minimum absolute atomic E-state index is 0.511. The lowest BCUT2D eigenvalue weighted by Crippen LogP contribution is -2.03. The van der Waals surface area contributed by atoms with E-state index in [0.29, 0.717) is 5.95 Å². The molecule has 0 aliphatic heterocycles. The fraction of sp³-hybridized carbons (Fsp3) is 0.211. The highest BCUT2D eigenvalue weighted by atomic mass is 16.5. The first-order chi connectivity index (χ1) is 11.5. The highest BCUT2D eigenvalue weighted by molar-refractivity contribution is 6.02. The molecular formula is C19H20N4O. The molecule has 1 N–H and O–H groups in total. The van der Waals surface area contributed by atoms with Crippen LogP contribution in [0.15, 0.2) is 47.6 Å². The Morgan fingerprint density at radius 3 is 2.33 bits per heavy atom. The minimum atomic E-state index is 0.511. The molecule has 3 rings (SSSR count). The van der Waals surface area contributed by atoms with Crippen LogP contribution in [0.3, 0.4) is 0 Å². The maximum Gasteiger partial charge on any atom is 0.243 e. The summed E-state index contributed by atoms with van der Waals surface area (Å²) in [6, 6.07) is 14.2. The normalized spacial score (nSPS) is 11.6. The van der Waals surface area contributed by atoms with Crippen LogP contribution in [0.1, 0.15) is 23.9 Å². The van der Waals surface area contributed by atoms with Crippen molar-refractivity contribution in [2.45, 2.75) is 20.8 Å². The second-order valence-corrected chi connectivity index (χ2v) is 5.71. The lowest BCUT2D eigenvalue weighted by molar-refractivity contribution is 0.415. The number of ether oxygens (including phenoxy) is 1. The van der Waals surface area contributed by atoms with Crippen molar-refractivity contribution >= 4 is 22.4 Å². The lowest BCUT2D eigenvalue weighted by Gasteiger charge is -2.07. The smallest absolute Gasteiger partial charge is 0.243 e. The summed E-state index contributed by atoms with van der Waals surface area (Å²) in [5, 5.41) is 6.68. The fourth-order valence-electron chi connectivity index (χ4n) is 2.55. The van der Waals surface area contributed by atoms with E-state index in [1.807, 2.05) is 51.1 Å². The van der Waals surface area contributed by atoms with Crippen LogP contribution >= 0.6 is 0 Å². The van der Waals surface area contributed by atoms with Crippen molar-refractivity contribution in [2.24, 2.45) is 5.10 Å². The molecule has 0 saturated carbocycles. The van der Waals surface area contributed by atoms with Gasteiger partial charge in [0.2, 0.25) is 5.95 Å². The molecule has 3 aromatic rings. The van der Waals surface area contributed by atoms with Crippen LogP contribution in [0, 0.1) is 13.8 Å². The van der Waals surface area contributed by atoms with E-state index in [1.54, 1.807) is 7.11 Å². The zero-order valence-electron chi connectivity index (χ0n) is 14.3. The van der Waals surface area contributed by atoms with Gasteiger partial charge >= 0.3 is 0 Å². The first-order valence-corrected chi connectivity index (χ1v) is 7.76. The number of hydrogen-bond donors (Lipinski definition) is 1. The Kier molecular flexibility index (Phi) is 4.42. The van der Waals surface area contributed by atoms with E-state index in [0.717, 1.165) is 39.2 Å². The Bertz CT molecular complexity index is 898. The molecule has 24 heavy (non-hydrogen) atoms. The molecule has 2 aromatic carbocycles. The number of nitrogens with zero attached hydrogens (tertiary/aromatic N) is 3. The van der Waals surface area contributed by atoms with Crippen molar-refractivity contribution < 1.29 is 4.74 Å². The van der Waals surface area contributed by atoms with Gasteiger partial charge in [-0.1, -0.05) is 18.2 Å². The second kappa shape index (κ2) is 6.66. The van der Waals surface area contributed by atoms with E-state index in [-0.39, 0.29) is 0 Å². The van der Waals surface area contributed by atoms with E-state index in [9.17, 15) is 0 Å². The van der Waals surface area contributed by atoms with Gasteiger partial charge < -0.3 is 4.74 Å². The number of hydrogen-bond acceptors (Lipinski definition) is 5. The molecule has 0 atom stereocenters. The molecule has 5 nitrogen and oxygen atoms in total. The van der Waals surface area contributed by atoms with Gasteiger partial charge in [-0.2, -0.15) is 5.10 Å². The number of fused-ring (bicyclic) bond motifs is 1. The van der Waals surface area contributed by atoms with Crippen LogP contribution in [-0.4, -0.2) is 22.8 Å². The van der Waals surface area contributed by atoms with Gasteiger partial charge in [-0.05, 0) is 61.4 Å². The summed E-state index contributed by atoms with van der Waals surface area (Å²) in [4.78, 5) is 8.65. The van der Waals surface area contributed by atoms with Crippen LogP contribution < -0.4 is 10.2 Å². The molecule has 0 aliphatic rings. The molecule has 0 unspecified atom stereocenters. The van der Waals surface area contributed by atoms with Gasteiger partial charge in [0, 0.05) is 11.4 Å². The van der Waals surface area contributed by atoms with Gasteiger partial charge in [0.25, 0.3) is 0 Å². The molecule has 5 heteroatoms. The quantitative estimate of drug-likeness (QED) is 0.581. The van der Waals surface area contributed by atoms with Gasteiger partial charge in [-0.25, -0.2) is 15.4 Å². The Balaban J connectivity index is 1.85. The predicted octanol–water partition coefficient (Wildman–Crippen LogP) is 4.09. The van der Waals surface area contributed by atoms with Crippen molar-refractivity contribution in [3.8, 4) is 5.75 Å². The average molecular weight is 320 g/mol. The summed E-state index contributed by atoms with van der Waals surface area (Å²) in [6.07, 6.45) is 0. The van der Waals surface area contributed by atoms with Crippen LogP contribution in [0.2, 0.25) is 0 Å². The zero-order valence-corrected chi connectivity index (χ0v) is 14.3. The van der Waals surface area contributed by atoms with Gasteiger partial charge in [-0.3, -0.25) is 0 Å². The minimum Gasteiger partial charge on any atom is -0.497 e. The Morgan fingerprint density at radius 2 is 1.62 bits per heavy atom. The van der Waals surface area contributed by atoms with Gasteiger partial charge in [-0.15, -0.1) is 0 Å². The molecule has 0 radical (unpaired) electrons. The molecule has 0 saturated heterocycles. The third kappa shape index (κ3) is 3.51. The topological polar surface area (TPSA) is 59.4 Å². The predicted molar refractivity (Wildman–Crippen MR) is 97.8 cm³/mol. The number of aryl methyl sites for hydroxylation is 2. The van der Waals surface area contributed by atoms with Crippen molar-refractivity contribution in [1.82, 2.24) is 9.97 Å². The van der Waals surface area contributed by atoms with Gasteiger partial charge in [0.1, 0.15) is 5.75 Å². The summed E-state index contributed by atoms with van der Waals surface area (Å²) < 4.78 is 5.26. The van der Waals surface area contributed by atoms with Crippen molar-refractivity contribution in [1.29, 1.82) is 0 Å². The van der Waals surface area contributed by atoms with E-state index in [2.05, 4.69) is 32.6 Å². The van der Waals surface area contributed by atoms with Crippen LogP contribution in [0.5, 0.6) is 5.75 Å². The standard InChI is InChI=1S/C19H20N4O/c1-12-9-13(2)21-19(20-12)23-22-14(3)15-5-6-17-11-18(24-4)8-7-16(17)10-15/h5-11H,1-4H3,(H,20,21,23)/b22-14+. The summed E-state index contributed by atoms with van der Waals surface area (Å²) in [5.41, 5.74) is 6.68. The molecule has 1 heterocycles. The third-order valence-corrected chi connectivity index (χ3v) is 3.77. The van der Waals surface area contributed by atoms with Crippen LogP contribution in [-0.2, 0) is 0 Å². The summed E-state index contributed by atoms with van der Waals surface area (Å²) in [7, 11) is 1.67. The number of rotatable bonds is 4. The monoisotopic (exact) mass is 320 g/mol. The van der Waals surface area contributed by atoms with Crippen LogP contribution in [0.4, 0.5) is 5.95 Å². The zero-order chi connectivity index (χ0) is 17.1. The van der Waals surface area contributed by atoms with E-state index in [4.69, 9.17) is 4.74 Å². The first-order valence-electron chi connectivity index (χ1n) is 7.76. The van der Waals surface area contributed by atoms with E-state index < -0.39 is 0 Å². The average Bonchev–Trinajstić information content (AvgIpc) is 2.58. The molecule has 0 bridgehead atoms. The van der Waals surface area contributed by atoms with Gasteiger partial charge in [0.05, 0.1) is 12.8 Å². The van der Waals surface area contributed by atoms with Crippen LogP contribution in [0.25, 0.3) is 10.8 Å².